The second kappa shape index (κ2) is 15.0. The van der Waals surface area contributed by atoms with Crippen LogP contribution in [0.15, 0.2) is 36.7 Å². The number of hydrogen-bond acceptors (Lipinski definition) is 8. The van der Waals surface area contributed by atoms with Gasteiger partial charge in [0.25, 0.3) is 0 Å². The number of H-pyrrole nitrogens is 1. The fraction of sp³-hybridized carbons (Fsp3) is 0.485. The van der Waals surface area contributed by atoms with E-state index in [9.17, 15) is 4.79 Å². The van der Waals surface area contributed by atoms with Crippen LogP contribution in [0.1, 0.15) is 64.0 Å². The lowest BCUT2D eigenvalue weighted by Gasteiger charge is -2.17. The second-order valence-corrected chi connectivity index (χ2v) is 11.1. The van der Waals surface area contributed by atoms with E-state index in [2.05, 4.69) is 25.2 Å². The summed E-state index contributed by atoms with van der Waals surface area (Å²) in [5.74, 6) is 1.24. The molecular formula is C33H42FN5O4. The molecule has 0 saturated carbocycles. The smallest absolute Gasteiger partial charge is 0.305 e. The van der Waals surface area contributed by atoms with Crippen molar-refractivity contribution in [2.45, 2.75) is 65.2 Å². The number of anilines is 2. The third-order valence-electron chi connectivity index (χ3n) is 7.74. The van der Waals surface area contributed by atoms with Crippen molar-refractivity contribution < 1.29 is 23.4 Å². The van der Waals surface area contributed by atoms with Crippen molar-refractivity contribution in [3.8, 4) is 11.5 Å². The van der Waals surface area contributed by atoms with Crippen LogP contribution < -0.4 is 14.8 Å². The molecule has 9 nitrogen and oxygen atoms in total. The molecule has 0 amide bonds. The molecule has 2 aromatic heterocycles. The average Bonchev–Trinajstić information content (AvgIpc) is 3.66. The summed E-state index contributed by atoms with van der Waals surface area (Å²) in [6, 6.07) is 9.11. The number of halogens is 1. The number of carbonyl (C=O) groups excluding carboxylic acids is 1. The summed E-state index contributed by atoms with van der Waals surface area (Å²) in [5, 5.41) is 4.41. The van der Waals surface area contributed by atoms with Gasteiger partial charge in [0, 0.05) is 41.0 Å². The van der Waals surface area contributed by atoms with Crippen molar-refractivity contribution >= 4 is 39.3 Å². The fourth-order valence-corrected chi connectivity index (χ4v) is 5.54. The highest BCUT2D eigenvalue weighted by atomic mass is 19.1. The van der Waals surface area contributed by atoms with Gasteiger partial charge < -0.3 is 29.4 Å². The number of nitrogens with one attached hydrogen (secondary N) is 2. The Bertz CT molecular complexity index is 1520. The SMILES string of the molecule is CCOC(=O)CCCCCCOc1cc2c(Nc3ccc4[nH]c(C)cc4c3F)ncnc2cc1OCCCN1CCCC1. The van der Waals surface area contributed by atoms with Crippen LogP contribution in [0, 0.1) is 12.7 Å². The molecule has 43 heavy (non-hydrogen) atoms. The quantitative estimate of drug-likeness (QED) is 0.106. The van der Waals surface area contributed by atoms with Gasteiger partial charge in [0.2, 0.25) is 0 Å². The molecule has 0 aliphatic carbocycles. The predicted molar refractivity (Wildman–Crippen MR) is 167 cm³/mol. The number of likely N-dealkylation sites (tertiary alicyclic amines) is 1. The number of esters is 1. The lowest BCUT2D eigenvalue weighted by molar-refractivity contribution is -0.143. The Labute approximate surface area is 252 Å². The maximum atomic E-state index is 15.4. The van der Waals surface area contributed by atoms with E-state index < -0.39 is 0 Å². The summed E-state index contributed by atoms with van der Waals surface area (Å²) in [6.45, 7) is 8.56. The van der Waals surface area contributed by atoms with Crippen molar-refractivity contribution in [1.29, 1.82) is 0 Å². The molecule has 0 unspecified atom stereocenters. The second-order valence-electron chi connectivity index (χ2n) is 11.1. The molecule has 0 atom stereocenters. The van der Waals surface area contributed by atoms with Gasteiger partial charge in [-0.1, -0.05) is 12.8 Å². The number of aromatic amines is 1. The minimum atomic E-state index is -0.342. The highest BCUT2D eigenvalue weighted by Crippen LogP contribution is 2.36. The third kappa shape index (κ3) is 8.13. The minimum absolute atomic E-state index is 0.143. The molecule has 0 radical (unpaired) electrons. The first kappa shape index (κ1) is 30.5. The lowest BCUT2D eigenvalue weighted by atomic mass is 10.1. The Balaban J connectivity index is 1.29. The van der Waals surface area contributed by atoms with Gasteiger partial charge in [-0.05, 0) is 83.3 Å². The summed E-state index contributed by atoms with van der Waals surface area (Å²) >= 11 is 0. The summed E-state index contributed by atoms with van der Waals surface area (Å²) in [6.07, 6.45) is 8.89. The molecule has 1 fully saturated rings. The Kier molecular flexibility index (Phi) is 10.7. The van der Waals surface area contributed by atoms with Crippen molar-refractivity contribution in [2.24, 2.45) is 0 Å². The van der Waals surface area contributed by atoms with Crippen molar-refractivity contribution in [2.75, 3.05) is 44.8 Å². The van der Waals surface area contributed by atoms with Gasteiger partial charge in [-0.15, -0.1) is 0 Å². The number of rotatable bonds is 16. The zero-order chi connectivity index (χ0) is 30.0. The molecule has 230 valence electrons. The Morgan fingerprint density at radius 3 is 2.56 bits per heavy atom. The number of aryl methyl sites for hydroxylation is 1. The predicted octanol–water partition coefficient (Wildman–Crippen LogP) is 7.06. The van der Waals surface area contributed by atoms with Crippen LogP contribution >= 0.6 is 0 Å². The maximum Gasteiger partial charge on any atom is 0.305 e. The first-order chi connectivity index (χ1) is 21.0. The first-order valence-electron chi connectivity index (χ1n) is 15.5. The Hall–Kier alpha value is -3.92. The molecule has 2 N–H and O–H groups in total. The molecule has 1 aliphatic rings. The van der Waals surface area contributed by atoms with E-state index in [0.29, 0.717) is 65.5 Å². The summed E-state index contributed by atoms with van der Waals surface area (Å²) in [4.78, 5) is 26.1. The molecule has 1 saturated heterocycles. The number of fused-ring (bicyclic) bond motifs is 2. The van der Waals surface area contributed by atoms with Gasteiger partial charge in [0.15, 0.2) is 17.3 Å². The number of nitrogens with zero attached hydrogens (tertiary/aromatic N) is 3. The van der Waals surface area contributed by atoms with Gasteiger partial charge in [0.05, 0.1) is 31.0 Å². The minimum Gasteiger partial charge on any atom is -0.490 e. The molecule has 10 heteroatoms. The van der Waals surface area contributed by atoms with Gasteiger partial charge in [-0.3, -0.25) is 4.79 Å². The summed E-state index contributed by atoms with van der Waals surface area (Å²) < 4.78 is 32.8. The monoisotopic (exact) mass is 591 g/mol. The summed E-state index contributed by atoms with van der Waals surface area (Å²) in [5.41, 5.74) is 2.65. The normalized spacial score (nSPS) is 13.6. The Morgan fingerprint density at radius 1 is 0.977 bits per heavy atom. The molecule has 0 spiro atoms. The molecule has 4 aromatic rings. The van der Waals surface area contributed by atoms with Crippen LogP contribution in [0.5, 0.6) is 11.5 Å². The molecule has 2 aromatic carbocycles. The molecule has 0 bridgehead atoms. The number of benzene rings is 2. The highest BCUT2D eigenvalue weighted by Gasteiger charge is 2.16. The van der Waals surface area contributed by atoms with E-state index in [1.54, 1.807) is 12.1 Å². The number of aromatic nitrogens is 3. The van der Waals surface area contributed by atoms with Gasteiger partial charge in [-0.2, -0.15) is 0 Å². The number of carbonyl (C=O) groups is 1. The maximum absolute atomic E-state index is 15.4. The van der Waals surface area contributed by atoms with E-state index in [-0.39, 0.29) is 11.8 Å². The van der Waals surface area contributed by atoms with Crippen molar-refractivity contribution in [3.05, 3.63) is 48.2 Å². The van der Waals surface area contributed by atoms with Crippen LogP contribution in [-0.4, -0.2) is 65.3 Å². The van der Waals surface area contributed by atoms with E-state index in [1.165, 1.54) is 19.2 Å². The van der Waals surface area contributed by atoms with Crippen LogP contribution in [0.4, 0.5) is 15.9 Å². The Morgan fingerprint density at radius 2 is 1.74 bits per heavy atom. The van der Waals surface area contributed by atoms with Crippen LogP contribution in [0.2, 0.25) is 0 Å². The third-order valence-corrected chi connectivity index (χ3v) is 7.74. The fourth-order valence-electron chi connectivity index (χ4n) is 5.54. The van der Waals surface area contributed by atoms with Gasteiger partial charge in [-0.25, -0.2) is 14.4 Å². The van der Waals surface area contributed by atoms with Crippen LogP contribution in [-0.2, 0) is 9.53 Å². The van der Waals surface area contributed by atoms with Crippen LogP contribution in [0.25, 0.3) is 21.8 Å². The molecule has 3 heterocycles. The van der Waals surface area contributed by atoms with Crippen molar-refractivity contribution in [1.82, 2.24) is 19.9 Å². The van der Waals surface area contributed by atoms with E-state index in [1.807, 2.05) is 32.0 Å². The molecular weight excluding hydrogens is 549 g/mol. The van der Waals surface area contributed by atoms with E-state index in [0.717, 1.165) is 62.9 Å². The van der Waals surface area contributed by atoms with Crippen molar-refractivity contribution in [3.63, 3.8) is 0 Å². The summed E-state index contributed by atoms with van der Waals surface area (Å²) in [7, 11) is 0. The topological polar surface area (TPSA) is 102 Å². The number of hydrogen-bond donors (Lipinski definition) is 2. The highest BCUT2D eigenvalue weighted by molar-refractivity contribution is 5.94. The average molecular weight is 592 g/mol. The van der Waals surface area contributed by atoms with E-state index >= 15 is 4.39 Å². The molecule has 1 aliphatic heterocycles. The zero-order valence-electron chi connectivity index (χ0n) is 25.2. The number of unbranched alkanes of at least 4 members (excludes halogenated alkanes) is 3. The number of ether oxygens (including phenoxy) is 3. The van der Waals surface area contributed by atoms with Crippen LogP contribution in [0.3, 0.4) is 0 Å². The van der Waals surface area contributed by atoms with Gasteiger partial charge in [0.1, 0.15) is 12.1 Å². The van der Waals surface area contributed by atoms with Gasteiger partial charge >= 0.3 is 5.97 Å². The largest absolute Gasteiger partial charge is 0.490 e. The standard InChI is InChI=1S/C33H42FN5O4/c1-3-41-31(40)11-6-4-5-9-17-42-29-20-25-28(21-30(29)43-18-10-16-39-14-7-8-15-39)35-22-36-33(25)38-27-13-12-26-24(32(27)34)19-23(2)37-26/h12-13,19-22,37H,3-11,14-18H2,1-2H3,(H,35,36,38). The lowest BCUT2D eigenvalue weighted by Crippen LogP contribution is -2.22. The first-order valence-corrected chi connectivity index (χ1v) is 15.5. The molecule has 5 rings (SSSR count). The zero-order valence-corrected chi connectivity index (χ0v) is 25.2. The van der Waals surface area contributed by atoms with E-state index in [4.69, 9.17) is 14.2 Å².